The number of allylic oxidation sites excluding steroid dienone is 4. The minimum Gasteiger partial charge on any atom is -0.0845 e. The van der Waals surface area contributed by atoms with Gasteiger partial charge >= 0.3 is 0 Å². The van der Waals surface area contributed by atoms with Crippen molar-refractivity contribution in [1.82, 2.24) is 0 Å². The second-order valence-electron chi connectivity index (χ2n) is 11.0. The molecular weight excluding hydrogens is 448 g/mol. The van der Waals surface area contributed by atoms with E-state index in [9.17, 15) is 0 Å². The Morgan fingerprint density at radius 1 is 0.654 bits per heavy atom. The van der Waals surface area contributed by atoms with Crippen LogP contribution in [0.4, 0.5) is 0 Å². The lowest BCUT2D eigenvalue weighted by Gasteiger charge is -2.65. The molecule has 2 heteroatoms. The number of hydrogen-bond donors (Lipinski definition) is 0. The largest absolute Gasteiger partial charge is 0.0845 e. The van der Waals surface area contributed by atoms with Crippen molar-refractivity contribution in [3.05, 3.63) is 24.3 Å². The van der Waals surface area contributed by atoms with Crippen LogP contribution in [-0.4, -0.2) is 8.65 Å². The zero-order chi connectivity index (χ0) is 20.6. The topological polar surface area (TPSA) is 0 Å². The molecule has 0 N–H and O–H groups in total. The van der Waals surface area contributed by atoms with Crippen molar-refractivity contribution >= 4 is 31.9 Å². The summed E-state index contributed by atoms with van der Waals surface area (Å²) >= 11 is 8.51. The molecule has 0 radical (unpaired) electrons. The van der Waals surface area contributed by atoms with Gasteiger partial charge in [0.25, 0.3) is 0 Å². The van der Waals surface area contributed by atoms with Crippen molar-refractivity contribution < 1.29 is 0 Å². The molecule has 0 spiro atoms. The monoisotopic (exact) mass is 486 g/mol. The lowest BCUT2D eigenvalue weighted by Crippen LogP contribution is -2.64. The van der Waals surface area contributed by atoms with Gasteiger partial charge in [0.15, 0.2) is 0 Å². The molecule has 0 aromatic rings. The van der Waals surface area contributed by atoms with Crippen LogP contribution in [0.3, 0.4) is 0 Å². The molecule has 2 aliphatic carbocycles. The van der Waals surface area contributed by atoms with Crippen LogP contribution >= 0.6 is 31.9 Å². The van der Waals surface area contributed by atoms with Crippen LogP contribution in [0.2, 0.25) is 0 Å². The summed E-state index contributed by atoms with van der Waals surface area (Å²) in [6.07, 6.45) is 9.93. The van der Waals surface area contributed by atoms with Crippen molar-refractivity contribution in [2.45, 2.75) is 84.8 Å². The standard InChI is InChI=1S/C24H40Br2/c1-16-12-14-21(8,23(10,25)19(16,4)5)18(3)22(9)15-13-17(2)20(6,7)24(22,11)26/h12-18H,1-11H3. The first-order chi connectivity index (χ1) is 11.4. The van der Waals surface area contributed by atoms with Crippen LogP contribution in [0, 0.1) is 39.4 Å². The summed E-state index contributed by atoms with van der Waals surface area (Å²) in [4.78, 5) is 0. The van der Waals surface area contributed by atoms with Gasteiger partial charge in [-0.1, -0.05) is 118 Å². The third kappa shape index (κ3) is 2.56. The summed E-state index contributed by atoms with van der Waals surface area (Å²) in [5.74, 6) is 1.55. The van der Waals surface area contributed by atoms with Crippen LogP contribution < -0.4 is 0 Å². The Balaban J connectivity index is 2.66. The maximum Gasteiger partial charge on any atom is 0.0376 e. The minimum absolute atomic E-state index is 0.00766. The van der Waals surface area contributed by atoms with Crippen molar-refractivity contribution in [2.75, 3.05) is 0 Å². The highest BCUT2D eigenvalue weighted by atomic mass is 79.9. The molecular formula is C24H40Br2. The van der Waals surface area contributed by atoms with Crippen LogP contribution in [0.1, 0.15) is 76.2 Å². The Bertz CT molecular complexity index is 568. The molecule has 6 atom stereocenters. The van der Waals surface area contributed by atoms with Gasteiger partial charge in [0, 0.05) is 19.5 Å². The van der Waals surface area contributed by atoms with E-state index < -0.39 is 0 Å². The fourth-order valence-electron chi connectivity index (χ4n) is 5.45. The van der Waals surface area contributed by atoms with Gasteiger partial charge in [0.2, 0.25) is 0 Å². The molecule has 150 valence electrons. The average Bonchev–Trinajstić information content (AvgIpc) is 2.52. The van der Waals surface area contributed by atoms with Gasteiger partial charge in [-0.2, -0.15) is 0 Å². The quantitative estimate of drug-likeness (QED) is 0.270. The third-order valence-corrected chi connectivity index (χ3v) is 13.7. The molecule has 0 aliphatic heterocycles. The molecule has 2 rings (SSSR count). The van der Waals surface area contributed by atoms with E-state index in [4.69, 9.17) is 0 Å². The molecule has 0 heterocycles. The van der Waals surface area contributed by atoms with Crippen molar-refractivity contribution in [3.8, 4) is 0 Å². The van der Waals surface area contributed by atoms with E-state index in [0.29, 0.717) is 17.8 Å². The van der Waals surface area contributed by atoms with E-state index in [1.165, 1.54) is 0 Å². The van der Waals surface area contributed by atoms with E-state index in [1.54, 1.807) is 0 Å². The molecule has 6 unspecified atom stereocenters. The lowest BCUT2D eigenvalue weighted by atomic mass is 9.45. The zero-order valence-corrected chi connectivity index (χ0v) is 22.0. The van der Waals surface area contributed by atoms with Gasteiger partial charge < -0.3 is 0 Å². The molecule has 0 saturated heterocycles. The van der Waals surface area contributed by atoms with Gasteiger partial charge in [-0.05, 0) is 42.4 Å². The highest BCUT2D eigenvalue weighted by Gasteiger charge is 2.64. The molecule has 0 amide bonds. The van der Waals surface area contributed by atoms with Gasteiger partial charge in [-0.25, -0.2) is 0 Å². The van der Waals surface area contributed by atoms with E-state index in [-0.39, 0.29) is 30.3 Å². The SMILES string of the molecule is CC1C=CC(C)(C(C)C2(C)C=CC(C)C(C)(C)C2(C)Br)C(C)(Br)C1(C)C. The van der Waals surface area contributed by atoms with Crippen molar-refractivity contribution in [3.63, 3.8) is 0 Å². The second kappa shape index (κ2) is 6.22. The van der Waals surface area contributed by atoms with Gasteiger partial charge in [-0.3, -0.25) is 0 Å². The molecule has 2 aliphatic rings. The molecule has 26 heavy (non-hydrogen) atoms. The predicted molar refractivity (Wildman–Crippen MR) is 124 cm³/mol. The number of halogens is 2. The highest BCUT2D eigenvalue weighted by molar-refractivity contribution is 9.10. The molecule has 0 nitrogen and oxygen atoms in total. The maximum absolute atomic E-state index is 4.26. The van der Waals surface area contributed by atoms with Crippen LogP contribution in [0.5, 0.6) is 0 Å². The minimum atomic E-state index is 0.00766. The normalized spacial score (nSPS) is 51.3. The maximum atomic E-state index is 4.26. The summed E-state index contributed by atoms with van der Waals surface area (Å²) < 4.78 is 0.0153. The fourth-order valence-corrected chi connectivity index (χ4v) is 7.12. The van der Waals surface area contributed by atoms with E-state index in [1.807, 2.05) is 0 Å². The smallest absolute Gasteiger partial charge is 0.0376 e. The van der Waals surface area contributed by atoms with E-state index in [2.05, 4.69) is 132 Å². The summed E-state index contributed by atoms with van der Waals surface area (Å²) in [6, 6.07) is 0. The van der Waals surface area contributed by atoms with E-state index >= 15 is 0 Å². The Labute approximate surface area is 179 Å². The first-order valence-corrected chi connectivity index (χ1v) is 11.8. The third-order valence-electron chi connectivity index (χ3n) is 9.98. The van der Waals surface area contributed by atoms with Gasteiger partial charge in [0.05, 0.1) is 0 Å². The van der Waals surface area contributed by atoms with Crippen molar-refractivity contribution in [1.29, 1.82) is 0 Å². The Kier molecular flexibility index (Phi) is 5.43. The molecule has 0 aromatic heterocycles. The summed E-state index contributed by atoms with van der Waals surface area (Å²) in [5, 5.41) is 0. The Morgan fingerprint density at radius 3 is 1.19 bits per heavy atom. The summed E-state index contributed by atoms with van der Waals surface area (Å²) in [5.41, 5.74) is 0.414. The number of alkyl halides is 2. The number of hydrogen-bond acceptors (Lipinski definition) is 0. The van der Waals surface area contributed by atoms with Gasteiger partial charge in [0.1, 0.15) is 0 Å². The second-order valence-corrected chi connectivity index (χ2v) is 14.2. The average molecular weight is 488 g/mol. The van der Waals surface area contributed by atoms with E-state index in [0.717, 1.165) is 0 Å². The Morgan fingerprint density at radius 2 is 0.923 bits per heavy atom. The first-order valence-electron chi connectivity index (χ1n) is 10.2. The van der Waals surface area contributed by atoms with Crippen LogP contribution in [0.15, 0.2) is 24.3 Å². The molecule has 0 bridgehead atoms. The van der Waals surface area contributed by atoms with Crippen LogP contribution in [0.25, 0.3) is 0 Å². The lowest BCUT2D eigenvalue weighted by molar-refractivity contribution is -0.0223. The zero-order valence-electron chi connectivity index (χ0n) is 18.8. The molecule has 0 saturated carbocycles. The molecule has 0 aromatic carbocycles. The van der Waals surface area contributed by atoms with Crippen LogP contribution in [-0.2, 0) is 0 Å². The first kappa shape index (κ1) is 22.7. The fraction of sp³-hybridized carbons (Fsp3) is 0.833. The Hall–Kier alpha value is 0.440. The summed E-state index contributed by atoms with van der Waals surface area (Å²) in [7, 11) is 0. The number of rotatable bonds is 2. The highest BCUT2D eigenvalue weighted by Crippen LogP contribution is 2.68. The summed E-state index contributed by atoms with van der Waals surface area (Å²) in [6.45, 7) is 26.6. The predicted octanol–water partition coefficient (Wildman–Crippen LogP) is 8.41. The van der Waals surface area contributed by atoms with Crippen molar-refractivity contribution in [2.24, 2.45) is 39.4 Å². The molecule has 0 fully saturated rings. The van der Waals surface area contributed by atoms with Gasteiger partial charge in [-0.15, -0.1) is 0 Å².